The van der Waals surface area contributed by atoms with Gasteiger partial charge in [0, 0.05) is 36.3 Å². The molecule has 2 N–H and O–H groups in total. The summed E-state index contributed by atoms with van der Waals surface area (Å²) in [6.07, 6.45) is 2.74. The third-order valence-electron chi connectivity index (χ3n) is 2.53. The van der Waals surface area contributed by atoms with E-state index in [0.717, 1.165) is 11.3 Å². The Morgan fingerprint density at radius 1 is 1.56 bits per heavy atom. The van der Waals surface area contributed by atoms with E-state index in [1.807, 2.05) is 6.92 Å². The molecule has 5 nitrogen and oxygen atoms in total. The largest absolute Gasteiger partial charge is 0.328 e. The number of nitrogens with zero attached hydrogens (tertiary/aromatic N) is 2. The molecule has 1 aromatic heterocycles. The van der Waals surface area contributed by atoms with Crippen molar-refractivity contribution in [3.05, 3.63) is 23.3 Å². The molecule has 0 saturated heterocycles. The normalized spacial score (nSPS) is 20.1. The summed E-state index contributed by atoms with van der Waals surface area (Å²) < 4.78 is 22.8. The molecule has 0 aromatic carbocycles. The van der Waals surface area contributed by atoms with Crippen molar-refractivity contribution in [3.8, 4) is 0 Å². The van der Waals surface area contributed by atoms with Crippen LogP contribution in [0.2, 0.25) is 0 Å². The molecule has 0 spiro atoms. The summed E-state index contributed by atoms with van der Waals surface area (Å²) in [7, 11) is -2.94. The molecular formula is C10H15N3O2S. The molecule has 0 fully saturated rings. The van der Waals surface area contributed by atoms with Gasteiger partial charge < -0.3 is 5.73 Å². The summed E-state index contributed by atoms with van der Waals surface area (Å²) in [6.45, 7) is 1.90. The molecule has 88 valence electrons. The second-order valence-corrected chi connectivity index (χ2v) is 6.47. The van der Waals surface area contributed by atoms with Crippen LogP contribution < -0.4 is 5.73 Å². The van der Waals surface area contributed by atoms with Gasteiger partial charge in [-0.05, 0) is 6.92 Å². The molecule has 1 aliphatic rings. The van der Waals surface area contributed by atoms with E-state index in [0.29, 0.717) is 18.7 Å². The number of fused-ring (bicyclic) bond motifs is 1. The monoisotopic (exact) mass is 241 g/mol. The quantitative estimate of drug-likeness (QED) is 0.777. The van der Waals surface area contributed by atoms with Crippen LogP contribution in [0.25, 0.3) is 0 Å². The lowest BCUT2D eigenvalue weighted by Crippen LogP contribution is -2.23. The van der Waals surface area contributed by atoms with Crippen LogP contribution in [0.15, 0.2) is 6.20 Å². The summed E-state index contributed by atoms with van der Waals surface area (Å²) in [6, 6.07) is 0.0189. The van der Waals surface area contributed by atoms with Gasteiger partial charge in [0.25, 0.3) is 0 Å². The second-order valence-electron chi connectivity index (χ2n) is 4.28. The van der Waals surface area contributed by atoms with Gasteiger partial charge in [0.15, 0.2) is 9.84 Å². The third kappa shape index (κ3) is 2.56. The van der Waals surface area contributed by atoms with Crippen LogP contribution in [0, 0.1) is 0 Å². The highest BCUT2D eigenvalue weighted by Crippen LogP contribution is 2.18. The Balaban J connectivity index is 2.28. The highest BCUT2D eigenvalue weighted by molar-refractivity contribution is 7.90. The SMILES string of the molecule is CC(N)Cc1ncc2c(n1)CCS(=O)(=O)C2. The Morgan fingerprint density at radius 3 is 3.00 bits per heavy atom. The number of aromatic nitrogens is 2. The van der Waals surface area contributed by atoms with Gasteiger partial charge in [0.1, 0.15) is 5.82 Å². The Bertz CT molecular complexity index is 497. The fraction of sp³-hybridized carbons (Fsp3) is 0.600. The average Bonchev–Trinajstić information content (AvgIpc) is 2.16. The fourth-order valence-corrected chi connectivity index (χ4v) is 3.13. The molecule has 0 amide bonds. The first kappa shape index (κ1) is 11.5. The lowest BCUT2D eigenvalue weighted by Gasteiger charge is -2.15. The summed E-state index contributed by atoms with van der Waals surface area (Å²) in [5, 5.41) is 0. The predicted octanol–water partition coefficient (Wildman–Crippen LogP) is -0.163. The van der Waals surface area contributed by atoms with Crippen molar-refractivity contribution in [2.75, 3.05) is 5.75 Å². The van der Waals surface area contributed by atoms with Crippen molar-refractivity contribution in [3.63, 3.8) is 0 Å². The second kappa shape index (κ2) is 4.10. The van der Waals surface area contributed by atoms with Gasteiger partial charge >= 0.3 is 0 Å². The van der Waals surface area contributed by atoms with E-state index < -0.39 is 9.84 Å². The smallest absolute Gasteiger partial charge is 0.154 e. The average molecular weight is 241 g/mol. The Morgan fingerprint density at radius 2 is 2.31 bits per heavy atom. The number of hydrogen-bond donors (Lipinski definition) is 1. The molecule has 0 radical (unpaired) electrons. The number of nitrogens with two attached hydrogens (primary N) is 1. The minimum absolute atomic E-state index is 0.0189. The van der Waals surface area contributed by atoms with Gasteiger partial charge in [-0.1, -0.05) is 0 Å². The number of hydrogen-bond acceptors (Lipinski definition) is 5. The Hall–Kier alpha value is -1.01. The van der Waals surface area contributed by atoms with Crippen LogP contribution >= 0.6 is 0 Å². The highest BCUT2D eigenvalue weighted by atomic mass is 32.2. The maximum atomic E-state index is 11.4. The summed E-state index contributed by atoms with van der Waals surface area (Å²) >= 11 is 0. The molecule has 0 saturated carbocycles. The molecule has 2 heterocycles. The van der Waals surface area contributed by atoms with Crippen molar-refractivity contribution >= 4 is 9.84 Å². The van der Waals surface area contributed by atoms with Crippen LogP contribution in [0.4, 0.5) is 0 Å². The fourth-order valence-electron chi connectivity index (χ4n) is 1.77. The topological polar surface area (TPSA) is 85.9 Å². The van der Waals surface area contributed by atoms with Crippen LogP contribution in [0.1, 0.15) is 24.0 Å². The number of rotatable bonds is 2. The van der Waals surface area contributed by atoms with E-state index in [1.165, 1.54) is 0 Å². The zero-order chi connectivity index (χ0) is 11.8. The van der Waals surface area contributed by atoms with Gasteiger partial charge in [-0.3, -0.25) is 0 Å². The first-order chi connectivity index (χ1) is 7.46. The van der Waals surface area contributed by atoms with Crippen molar-refractivity contribution in [1.29, 1.82) is 0 Å². The molecule has 0 aliphatic carbocycles. The Labute approximate surface area is 95.0 Å². The van der Waals surface area contributed by atoms with E-state index in [2.05, 4.69) is 9.97 Å². The van der Waals surface area contributed by atoms with Gasteiger partial charge in [-0.25, -0.2) is 18.4 Å². The van der Waals surface area contributed by atoms with Gasteiger partial charge in [0.2, 0.25) is 0 Å². The van der Waals surface area contributed by atoms with Gasteiger partial charge in [0.05, 0.1) is 11.5 Å². The highest BCUT2D eigenvalue weighted by Gasteiger charge is 2.22. The van der Waals surface area contributed by atoms with Crippen molar-refractivity contribution in [2.24, 2.45) is 5.73 Å². The number of sulfone groups is 1. The summed E-state index contributed by atoms with van der Waals surface area (Å²) in [4.78, 5) is 8.51. The Kier molecular flexibility index (Phi) is 2.94. The van der Waals surface area contributed by atoms with E-state index in [4.69, 9.17) is 5.73 Å². The summed E-state index contributed by atoms with van der Waals surface area (Å²) in [5.41, 5.74) is 7.27. The first-order valence-electron chi connectivity index (χ1n) is 5.26. The van der Waals surface area contributed by atoms with Crippen LogP contribution in [-0.4, -0.2) is 30.2 Å². The zero-order valence-electron chi connectivity index (χ0n) is 9.18. The van der Waals surface area contributed by atoms with Gasteiger partial charge in [-0.2, -0.15) is 0 Å². The minimum Gasteiger partial charge on any atom is -0.328 e. The van der Waals surface area contributed by atoms with Crippen molar-refractivity contribution < 1.29 is 8.42 Å². The van der Waals surface area contributed by atoms with Crippen molar-refractivity contribution in [1.82, 2.24) is 9.97 Å². The molecule has 1 unspecified atom stereocenters. The van der Waals surface area contributed by atoms with E-state index in [1.54, 1.807) is 6.20 Å². The zero-order valence-corrected chi connectivity index (χ0v) is 10.00. The van der Waals surface area contributed by atoms with Crippen molar-refractivity contribution in [2.45, 2.75) is 31.6 Å². The molecule has 1 aliphatic heterocycles. The molecule has 1 aromatic rings. The lowest BCUT2D eigenvalue weighted by atomic mass is 10.2. The molecule has 16 heavy (non-hydrogen) atoms. The molecule has 1 atom stereocenters. The maximum Gasteiger partial charge on any atom is 0.154 e. The van der Waals surface area contributed by atoms with Crippen LogP contribution in [-0.2, 0) is 28.4 Å². The number of aryl methyl sites for hydroxylation is 1. The molecule has 0 bridgehead atoms. The molecule has 2 rings (SSSR count). The van der Waals surface area contributed by atoms with Crippen LogP contribution in [0.3, 0.4) is 0 Å². The van der Waals surface area contributed by atoms with E-state index in [9.17, 15) is 8.42 Å². The predicted molar refractivity (Wildman–Crippen MR) is 60.6 cm³/mol. The van der Waals surface area contributed by atoms with Gasteiger partial charge in [-0.15, -0.1) is 0 Å². The van der Waals surface area contributed by atoms with E-state index in [-0.39, 0.29) is 17.5 Å². The third-order valence-corrected chi connectivity index (χ3v) is 4.11. The molecular weight excluding hydrogens is 226 g/mol. The van der Waals surface area contributed by atoms with Crippen LogP contribution in [0.5, 0.6) is 0 Å². The minimum atomic E-state index is -2.94. The standard InChI is InChI=1S/C10H15N3O2S/c1-7(11)4-10-12-5-8-6-16(14,15)3-2-9(8)13-10/h5,7H,2-4,6,11H2,1H3. The summed E-state index contributed by atoms with van der Waals surface area (Å²) in [5.74, 6) is 0.961. The first-order valence-corrected chi connectivity index (χ1v) is 7.08. The molecule has 6 heteroatoms. The lowest BCUT2D eigenvalue weighted by molar-refractivity contribution is 0.589. The maximum absolute atomic E-state index is 11.4. The van der Waals surface area contributed by atoms with E-state index >= 15 is 0 Å².